The molecule has 0 unspecified atom stereocenters. The van der Waals surface area contributed by atoms with Crippen molar-refractivity contribution < 1.29 is 4.74 Å². The van der Waals surface area contributed by atoms with Gasteiger partial charge < -0.3 is 10.5 Å². The molecule has 0 atom stereocenters. The lowest BCUT2D eigenvalue weighted by Crippen LogP contribution is -2.25. The summed E-state index contributed by atoms with van der Waals surface area (Å²) in [7, 11) is 0. The van der Waals surface area contributed by atoms with E-state index in [2.05, 4.69) is 0 Å². The Morgan fingerprint density at radius 1 is 1.43 bits per heavy atom. The van der Waals surface area contributed by atoms with Crippen LogP contribution in [0.4, 0.5) is 0 Å². The van der Waals surface area contributed by atoms with Crippen molar-refractivity contribution in [3.05, 3.63) is 28.8 Å². The maximum absolute atomic E-state index is 5.87. The minimum atomic E-state index is 0.390. The fraction of sp³-hybridized carbons (Fsp3) is 0.455. The third-order valence-electron chi connectivity index (χ3n) is 2.59. The lowest BCUT2D eigenvalue weighted by Gasteiger charge is -2.27. The van der Waals surface area contributed by atoms with Crippen LogP contribution in [0.1, 0.15) is 24.8 Å². The molecule has 1 aliphatic carbocycles. The molecule has 0 radical (unpaired) electrons. The summed E-state index contributed by atoms with van der Waals surface area (Å²) < 4.78 is 5.79. The highest BCUT2D eigenvalue weighted by atomic mass is 35.5. The molecule has 0 saturated heterocycles. The Kier molecular flexibility index (Phi) is 2.94. The topological polar surface area (TPSA) is 35.2 Å². The van der Waals surface area contributed by atoms with Crippen molar-refractivity contribution in [2.45, 2.75) is 31.9 Å². The van der Waals surface area contributed by atoms with Crippen LogP contribution in [0.25, 0.3) is 0 Å². The van der Waals surface area contributed by atoms with Gasteiger partial charge in [0, 0.05) is 17.1 Å². The van der Waals surface area contributed by atoms with Crippen molar-refractivity contribution in [2.75, 3.05) is 0 Å². The molecular weight excluding hydrogens is 198 g/mol. The van der Waals surface area contributed by atoms with Crippen LogP contribution >= 0.6 is 11.6 Å². The highest BCUT2D eigenvalue weighted by Gasteiger charge is 2.19. The van der Waals surface area contributed by atoms with Gasteiger partial charge >= 0.3 is 0 Å². The van der Waals surface area contributed by atoms with Gasteiger partial charge in [0.1, 0.15) is 5.75 Å². The lowest BCUT2D eigenvalue weighted by atomic mass is 9.96. The predicted octanol–water partition coefficient (Wildman–Crippen LogP) is 2.73. The number of rotatable bonds is 3. The fourth-order valence-electron chi connectivity index (χ4n) is 1.49. The summed E-state index contributed by atoms with van der Waals surface area (Å²) in [6, 6.07) is 5.62. The number of ether oxygens (including phenoxy) is 1. The molecule has 76 valence electrons. The van der Waals surface area contributed by atoms with E-state index in [1.165, 1.54) is 6.42 Å². The quantitative estimate of drug-likeness (QED) is 0.835. The fourth-order valence-corrected chi connectivity index (χ4v) is 1.69. The van der Waals surface area contributed by atoms with Gasteiger partial charge in [-0.2, -0.15) is 0 Å². The van der Waals surface area contributed by atoms with Crippen molar-refractivity contribution in [1.29, 1.82) is 0 Å². The highest BCUT2D eigenvalue weighted by Crippen LogP contribution is 2.29. The Balaban J connectivity index is 2.14. The molecule has 0 spiro atoms. The lowest BCUT2D eigenvalue weighted by molar-refractivity contribution is 0.119. The summed E-state index contributed by atoms with van der Waals surface area (Å²) in [6.07, 6.45) is 3.98. The first-order valence-electron chi connectivity index (χ1n) is 4.95. The van der Waals surface area contributed by atoms with Gasteiger partial charge in [0.2, 0.25) is 0 Å². The van der Waals surface area contributed by atoms with E-state index in [-0.39, 0.29) is 0 Å². The van der Waals surface area contributed by atoms with E-state index in [4.69, 9.17) is 22.1 Å². The van der Waals surface area contributed by atoms with Crippen LogP contribution in [-0.4, -0.2) is 6.10 Å². The summed E-state index contributed by atoms with van der Waals surface area (Å²) in [6.45, 7) is 0.475. The Hall–Kier alpha value is -0.730. The van der Waals surface area contributed by atoms with Gasteiger partial charge in [0.15, 0.2) is 0 Å². The van der Waals surface area contributed by atoms with E-state index in [1.54, 1.807) is 0 Å². The Labute approximate surface area is 89.0 Å². The van der Waals surface area contributed by atoms with Crippen molar-refractivity contribution >= 4 is 11.6 Å². The molecule has 3 heteroatoms. The number of halogens is 1. The SMILES string of the molecule is NCc1cc(Cl)ccc1OC1CCC1. The van der Waals surface area contributed by atoms with Crippen LogP contribution in [0.5, 0.6) is 5.75 Å². The molecule has 0 amide bonds. The van der Waals surface area contributed by atoms with Crippen LogP contribution < -0.4 is 10.5 Å². The molecule has 2 N–H and O–H groups in total. The van der Waals surface area contributed by atoms with Gasteiger partial charge in [0.05, 0.1) is 6.10 Å². The average molecular weight is 212 g/mol. The molecule has 0 heterocycles. The van der Waals surface area contributed by atoms with E-state index in [0.29, 0.717) is 17.7 Å². The van der Waals surface area contributed by atoms with Gasteiger partial charge in [-0.25, -0.2) is 0 Å². The first-order chi connectivity index (χ1) is 6.79. The number of hydrogen-bond acceptors (Lipinski definition) is 2. The minimum Gasteiger partial charge on any atom is -0.490 e. The molecule has 1 aromatic carbocycles. The maximum Gasteiger partial charge on any atom is 0.124 e. The van der Waals surface area contributed by atoms with E-state index < -0.39 is 0 Å². The summed E-state index contributed by atoms with van der Waals surface area (Å²) in [5, 5.41) is 0.714. The van der Waals surface area contributed by atoms with Crippen molar-refractivity contribution in [1.82, 2.24) is 0 Å². The van der Waals surface area contributed by atoms with Gasteiger partial charge in [-0.3, -0.25) is 0 Å². The zero-order chi connectivity index (χ0) is 9.97. The summed E-state index contributed by atoms with van der Waals surface area (Å²) in [4.78, 5) is 0. The van der Waals surface area contributed by atoms with E-state index in [1.807, 2.05) is 18.2 Å². The largest absolute Gasteiger partial charge is 0.490 e. The normalized spacial score (nSPS) is 16.4. The number of benzene rings is 1. The molecule has 1 aromatic rings. The molecular formula is C11H14ClNO. The van der Waals surface area contributed by atoms with Crippen LogP contribution in [0, 0.1) is 0 Å². The van der Waals surface area contributed by atoms with Crippen LogP contribution in [0.3, 0.4) is 0 Å². The summed E-state index contributed by atoms with van der Waals surface area (Å²) in [5.74, 6) is 0.890. The van der Waals surface area contributed by atoms with Gasteiger partial charge in [-0.05, 0) is 37.5 Å². The standard InChI is InChI=1S/C11H14ClNO/c12-9-4-5-11(8(6-9)7-13)14-10-2-1-3-10/h4-6,10H,1-3,7,13H2. The number of hydrogen-bond donors (Lipinski definition) is 1. The zero-order valence-corrected chi connectivity index (χ0v) is 8.76. The molecule has 1 aliphatic rings. The third kappa shape index (κ3) is 2.02. The Morgan fingerprint density at radius 3 is 2.79 bits per heavy atom. The van der Waals surface area contributed by atoms with Gasteiger partial charge in [-0.1, -0.05) is 11.6 Å². The molecule has 0 bridgehead atoms. The molecule has 1 fully saturated rings. The third-order valence-corrected chi connectivity index (χ3v) is 2.82. The van der Waals surface area contributed by atoms with Gasteiger partial charge in [0.25, 0.3) is 0 Å². The van der Waals surface area contributed by atoms with Crippen molar-refractivity contribution in [3.8, 4) is 5.75 Å². The van der Waals surface area contributed by atoms with Crippen LogP contribution in [0.15, 0.2) is 18.2 Å². The smallest absolute Gasteiger partial charge is 0.124 e. The molecule has 14 heavy (non-hydrogen) atoms. The first kappa shape index (κ1) is 9.81. The predicted molar refractivity (Wildman–Crippen MR) is 57.6 cm³/mol. The first-order valence-corrected chi connectivity index (χ1v) is 5.32. The molecule has 2 rings (SSSR count). The Morgan fingerprint density at radius 2 is 2.21 bits per heavy atom. The van der Waals surface area contributed by atoms with Gasteiger partial charge in [-0.15, -0.1) is 0 Å². The van der Waals surface area contributed by atoms with Crippen molar-refractivity contribution in [3.63, 3.8) is 0 Å². The summed E-state index contributed by atoms with van der Waals surface area (Å²) >= 11 is 5.87. The number of nitrogens with two attached hydrogens (primary N) is 1. The maximum atomic E-state index is 5.87. The highest BCUT2D eigenvalue weighted by molar-refractivity contribution is 6.30. The second-order valence-electron chi connectivity index (χ2n) is 3.63. The van der Waals surface area contributed by atoms with Crippen LogP contribution in [-0.2, 0) is 6.54 Å². The molecule has 0 aromatic heterocycles. The molecule has 1 saturated carbocycles. The molecule has 2 nitrogen and oxygen atoms in total. The van der Waals surface area contributed by atoms with E-state index in [9.17, 15) is 0 Å². The van der Waals surface area contributed by atoms with E-state index >= 15 is 0 Å². The second-order valence-corrected chi connectivity index (χ2v) is 4.06. The zero-order valence-electron chi connectivity index (χ0n) is 8.00. The monoisotopic (exact) mass is 211 g/mol. The van der Waals surface area contributed by atoms with E-state index in [0.717, 1.165) is 24.2 Å². The molecule has 0 aliphatic heterocycles. The van der Waals surface area contributed by atoms with Crippen LogP contribution in [0.2, 0.25) is 5.02 Å². The Bertz CT molecular complexity index is 323. The van der Waals surface area contributed by atoms with Crippen molar-refractivity contribution in [2.24, 2.45) is 5.73 Å². The summed E-state index contributed by atoms with van der Waals surface area (Å²) in [5.41, 5.74) is 6.61. The minimum absolute atomic E-state index is 0.390. The second kappa shape index (κ2) is 4.20. The average Bonchev–Trinajstić information content (AvgIpc) is 2.13.